The lowest BCUT2D eigenvalue weighted by Gasteiger charge is -2.71. The zero-order valence-electron chi connectivity index (χ0n) is 32.4. The van der Waals surface area contributed by atoms with Crippen LogP contribution in [0.5, 0.6) is 0 Å². The first-order valence-electron chi connectivity index (χ1n) is 19.6. The van der Waals surface area contributed by atoms with Gasteiger partial charge < -0.3 is 25.6 Å². The van der Waals surface area contributed by atoms with E-state index in [9.17, 15) is 24.0 Å². The maximum atomic E-state index is 14.3. The summed E-state index contributed by atoms with van der Waals surface area (Å²) in [5.74, 6) is -1.73. The van der Waals surface area contributed by atoms with Crippen molar-refractivity contribution < 1.29 is 38.9 Å². The second kappa shape index (κ2) is 13.8. The number of aliphatic carboxylic acids is 2. The Balaban J connectivity index is 1.36. The Labute approximate surface area is 304 Å². The van der Waals surface area contributed by atoms with Gasteiger partial charge in [0.2, 0.25) is 11.8 Å². The molecule has 0 aromatic carbocycles. The quantitative estimate of drug-likeness (QED) is 0.101. The molecule has 0 heterocycles. The molecule has 0 radical (unpaired) electrons. The van der Waals surface area contributed by atoms with E-state index < -0.39 is 29.4 Å². The fourth-order valence-electron chi connectivity index (χ4n) is 12.3. The molecule has 0 bridgehead atoms. The number of fused-ring (bicyclic) bond motifs is 7. The average Bonchev–Trinajstić information content (AvgIpc) is 3.03. The smallest absolute Gasteiger partial charge is 0.325 e. The van der Waals surface area contributed by atoms with Gasteiger partial charge in [-0.3, -0.25) is 24.0 Å². The van der Waals surface area contributed by atoms with E-state index >= 15 is 0 Å². The van der Waals surface area contributed by atoms with Crippen molar-refractivity contribution in [2.24, 2.45) is 50.2 Å². The highest BCUT2D eigenvalue weighted by Gasteiger charge is 2.69. The number of carboxylic acid groups (broad SMARTS) is 2. The number of rotatable bonds is 11. The van der Waals surface area contributed by atoms with Gasteiger partial charge in [0.25, 0.3) is 0 Å². The number of hydrogen-bond donors (Lipinski definition) is 4. The van der Waals surface area contributed by atoms with Gasteiger partial charge in [-0.1, -0.05) is 60.1 Å². The zero-order chi connectivity index (χ0) is 37.8. The lowest BCUT2D eigenvalue weighted by Crippen LogP contribution is -2.65. The molecule has 5 aliphatic carbocycles. The molecule has 2 amide bonds. The molecule has 9 atom stereocenters. The zero-order valence-corrected chi connectivity index (χ0v) is 32.4. The van der Waals surface area contributed by atoms with Crippen LogP contribution in [0, 0.1) is 50.2 Å². The summed E-state index contributed by atoms with van der Waals surface area (Å²) >= 11 is 0. The third-order valence-corrected chi connectivity index (χ3v) is 15.5. The van der Waals surface area contributed by atoms with Crippen LogP contribution in [0.15, 0.2) is 11.6 Å². The lowest BCUT2D eigenvalue weighted by atomic mass is 9.33. The van der Waals surface area contributed by atoms with Crippen LogP contribution < -0.4 is 10.6 Å². The predicted molar refractivity (Wildman–Crippen MR) is 193 cm³/mol. The fraction of sp³-hybridized carbons (Fsp3) is 0.829. The summed E-state index contributed by atoms with van der Waals surface area (Å²) in [6.07, 6.45) is 12.1. The lowest BCUT2D eigenvalue weighted by molar-refractivity contribution is -0.213. The van der Waals surface area contributed by atoms with Gasteiger partial charge in [0.05, 0.1) is 18.3 Å². The van der Waals surface area contributed by atoms with E-state index in [1.807, 2.05) is 0 Å². The summed E-state index contributed by atoms with van der Waals surface area (Å²) < 4.78 is 6.01. The minimum atomic E-state index is -1.07. The molecule has 10 heteroatoms. The van der Waals surface area contributed by atoms with Crippen LogP contribution in [0.1, 0.15) is 145 Å². The van der Waals surface area contributed by atoms with E-state index in [0.717, 1.165) is 64.2 Å². The highest BCUT2D eigenvalue weighted by atomic mass is 16.5. The van der Waals surface area contributed by atoms with E-state index in [2.05, 4.69) is 65.2 Å². The van der Waals surface area contributed by atoms with Crippen molar-refractivity contribution in [2.45, 2.75) is 157 Å². The molecule has 51 heavy (non-hydrogen) atoms. The first-order valence-corrected chi connectivity index (χ1v) is 19.6. The van der Waals surface area contributed by atoms with Gasteiger partial charge in [0.1, 0.15) is 12.1 Å². The van der Waals surface area contributed by atoms with Crippen LogP contribution in [0.25, 0.3) is 0 Å². The van der Waals surface area contributed by atoms with Crippen LogP contribution in [0.3, 0.4) is 0 Å². The first-order chi connectivity index (χ1) is 23.6. The molecule has 3 unspecified atom stereocenters. The maximum absolute atomic E-state index is 14.3. The molecule has 4 saturated carbocycles. The standard InChI is InChI=1S/C41H64N2O8/c1-25(34(48)49)43-31(44)10-9-23-42-35(50)41-21-19-36(2,3)24-27(41)26-11-12-29-38(6)17-16-30(51-33(47)14-13-32(45)46)37(4,5)28(38)15-18-40(29,8)39(26,7)20-22-41/h11,25,27-30H,9-10,12-24H2,1-8H3,(H,42,50)(H,43,44)(H,45,46)(H,48,49)/t25-,27?,28?,29?,30-,38-,39+,40+,41-/m0/s1. The summed E-state index contributed by atoms with van der Waals surface area (Å²) in [4.78, 5) is 61.4. The van der Waals surface area contributed by atoms with E-state index in [1.54, 1.807) is 0 Å². The largest absolute Gasteiger partial charge is 0.481 e. The second-order valence-corrected chi connectivity index (χ2v) is 19.1. The Morgan fingerprint density at radius 1 is 0.863 bits per heavy atom. The molecule has 5 rings (SSSR count). The number of hydrogen-bond acceptors (Lipinski definition) is 6. The summed E-state index contributed by atoms with van der Waals surface area (Å²) in [5.41, 5.74) is 0.954. The van der Waals surface area contributed by atoms with Crippen molar-refractivity contribution in [2.75, 3.05) is 6.54 Å². The van der Waals surface area contributed by atoms with Gasteiger partial charge in [-0.05, 0) is 117 Å². The van der Waals surface area contributed by atoms with Crippen LogP contribution in [0.2, 0.25) is 0 Å². The van der Waals surface area contributed by atoms with Gasteiger partial charge in [-0.25, -0.2) is 0 Å². The molecule has 10 nitrogen and oxygen atoms in total. The third-order valence-electron chi connectivity index (χ3n) is 15.5. The molecule has 4 fully saturated rings. The Morgan fingerprint density at radius 2 is 1.55 bits per heavy atom. The van der Waals surface area contributed by atoms with Gasteiger partial charge in [0.15, 0.2) is 0 Å². The van der Waals surface area contributed by atoms with Crippen molar-refractivity contribution in [1.82, 2.24) is 10.6 Å². The Kier molecular flexibility index (Phi) is 10.6. The molecule has 0 saturated heterocycles. The highest BCUT2D eigenvalue weighted by molar-refractivity contribution is 5.85. The minimum absolute atomic E-state index is 0.0467. The Bertz CT molecular complexity index is 1450. The van der Waals surface area contributed by atoms with Crippen LogP contribution in [0.4, 0.5) is 0 Å². The van der Waals surface area contributed by atoms with E-state index in [1.165, 1.54) is 12.5 Å². The Hall–Kier alpha value is -2.91. The van der Waals surface area contributed by atoms with Gasteiger partial charge in [-0.15, -0.1) is 0 Å². The molecule has 4 N–H and O–H groups in total. The molecule has 5 aliphatic rings. The number of nitrogens with one attached hydrogen (secondary N) is 2. The summed E-state index contributed by atoms with van der Waals surface area (Å²) in [5, 5.41) is 23.9. The van der Waals surface area contributed by atoms with Gasteiger partial charge >= 0.3 is 17.9 Å². The number of carbonyl (C=O) groups is 5. The summed E-state index contributed by atoms with van der Waals surface area (Å²) in [7, 11) is 0. The van der Waals surface area contributed by atoms with E-state index in [0.29, 0.717) is 24.8 Å². The highest BCUT2D eigenvalue weighted by Crippen LogP contribution is 2.75. The number of esters is 1. The predicted octanol–water partition coefficient (Wildman–Crippen LogP) is 7.05. The molecule has 286 valence electrons. The number of ether oxygens (including phenoxy) is 1. The van der Waals surface area contributed by atoms with Crippen molar-refractivity contribution in [3.63, 3.8) is 0 Å². The van der Waals surface area contributed by atoms with Gasteiger partial charge in [0, 0.05) is 18.4 Å². The van der Waals surface area contributed by atoms with Crippen molar-refractivity contribution >= 4 is 29.7 Å². The number of allylic oxidation sites excluding steroid dienone is 2. The summed E-state index contributed by atoms with van der Waals surface area (Å²) in [6.45, 7) is 18.5. The average molecular weight is 713 g/mol. The first kappa shape index (κ1) is 39.3. The minimum Gasteiger partial charge on any atom is -0.481 e. The topological polar surface area (TPSA) is 159 Å². The molecular weight excluding hydrogens is 648 g/mol. The normalized spacial score (nSPS) is 38.2. The van der Waals surface area contributed by atoms with Crippen molar-refractivity contribution in [3.8, 4) is 0 Å². The monoisotopic (exact) mass is 712 g/mol. The maximum Gasteiger partial charge on any atom is 0.325 e. The van der Waals surface area contributed by atoms with Crippen LogP contribution in [-0.4, -0.2) is 58.6 Å². The SMILES string of the molecule is C[C@H](NC(=O)CCCNC(=O)[C@]12CCC(C)(C)CC1C1=CCC3[C@@]4(C)CC[C@H](OC(=O)CCC(=O)O)C(C)(C)C4CC[C@@]3(C)[C@]1(C)CC2)C(=O)O. The van der Waals surface area contributed by atoms with Crippen molar-refractivity contribution in [3.05, 3.63) is 11.6 Å². The van der Waals surface area contributed by atoms with Gasteiger partial charge in [-0.2, -0.15) is 0 Å². The number of amides is 2. The van der Waals surface area contributed by atoms with Crippen molar-refractivity contribution in [1.29, 1.82) is 0 Å². The molecule has 0 aromatic rings. The number of carboxylic acids is 2. The van der Waals surface area contributed by atoms with Crippen LogP contribution in [-0.2, 0) is 28.7 Å². The summed E-state index contributed by atoms with van der Waals surface area (Å²) in [6, 6.07) is -0.945. The number of carbonyl (C=O) groups excluding carboxylic acids is 3. The fourth-order valence-corrected chi connectivity index (χ4v) is 12.3. The second-order valence-electron chi connectivity index (χ2n) is 19.1. The molecule has 0 aliphatic heterocycles. The molecular formula is C41H64N2O8. The Morgan fingerprint density at radius 3 is 2.22 bits per heavy atom. The third kappa shape index (κ3) is 6.87. The van der Waals surface area contributed by atoms with E-state index in [4.69, 9.17) is 14.9 Å². The molecule has 0 spiro atoms. The molecule has 0 aromatic heterocycles. The van der Waals surface area contributed by atoms with Crippen LogP contribution >= 0.6 is 0 Å². The van der Waals surface area contributed by atoms with E-state index in [-0.39, 0.29) is 70.2 Å².